The van der Waals surface area contributed by atoms with Gasteiger partial charge in [-0.1, -0.05) is 0 Å². The van der Waals surface area contributed by atoms with Gasteiger partial charge in [-0.05, 0) is 18.2 Å². The molecule has 0 amide bonds. The molecule has 15 nitrogen and oxygen atoms in total. The molecule has 0 bridgehead atoms. The maximum atomic E-state index is 13.4. The Morgan fingerprint density at radius 3 is 2.24 bits per heavy atom. The van der Waals surface area contributed by atoms with Gasteiger partial charge >= 0.3 is 10.4 Å². The van der Waals surface area contributed by atoms with Gasteiger partial charge < -0.3 is 53.8 Å². The topological polar surface area (TPSA) is 254 Å². The van der Waals surface area contributed by atoms with E-state index < -0.39 is 98.6 Å². The number of phenolic OH excluding ortho intramolecular Hbond substituents is 3. The Morgan fingerprint density at radius 2 is 1.62 bits per heavy atom. The van der Waals surface area contributed by atoms with Crippen LogP contribution in [0.1, 0.15) is 0 Å². The molecule has 16 heteroatoms. The second-order valence-corrected chi connectivity index (χ2v) is 8.96. The zero-order chi connectivity index (χ0) is 27.2. The van der Waals surface area contributed by atoms with Gasteiger partial charge in [-0.3, -0.25) is 9.35 Å². The lowest BCUT2D eigenvalue weighted by Gasteiger charge is -2.39. The van der Waals surface area contributed by atoms with Crippen molar-refractivity contribution in [2.24, 2.45) is 0 Å². The summed E-state index contributed by atoms with van der Waals surface area (Å²) in [5.74, 6) is -3.94. The van der Waals surface area contributed by atoms with Crippen LogP contribution in [-0.2, 0) is 15.1 Å². The van der Waals surface area contributed by atoms with Crippen LogP contribution in [0.5, 0.6) is 28.7 Å². The van der Waals surface area contributed by atoms with Crippen LogP contribution in [0.3, 0.4) is 0 Å². The van der Waals surface area contributed by atoms with Crippen LogP contribution in [0.2, 0.25) is 0 Å². The highest BCUT2D eigenvalue weighted by molar-refractivity contribution is 7.81. The third kappa shape index (κ3) is 5.12. The normalized spacial score (nSPS) is 24.2. The van der Waals surface area contributed by atoms with Crippen molar-refractivity contribution < 1.29 is 66.8 Å². The number of rotatable bonds is 6. The highest BCUT2D eigenvalue weighted by Gasteiger charge is 2.45. The zero-order valence-electron chi connectivity index (χ0n) is 18.3. The first-order chi connectivity index (χ1) is 17.3. The summed E-state index contributed by atoms with van der Waals surface area (Å²) in [5.41, 5.74) is -1.70. The predicted molar refractivity (Wildman–Crippen MR) is 119 cm³/mol. The minimum atomic E-state index is -5.02. The smallest absolute Gasteiger partial charge is 0.446 e. The summed E-state index contributed by atoms with van der Waals surface area (Å²) in [6, 6.07) is 4.68. The van der Waals surface area contributed by atoms with Gasteiger partial charge in [-0.15, -0.1) is 0 Å². The van der Waals surface area contributed by atoms with E-state index in [1.54, 1.807) is 0 Å². The average Bonchev–Trinajstić information content (AvgIpc) is 2.81. The van der Waals surface area contributed by atoms with E-state index in [0.29, 0.717) is 6.07 Å². The zero-order valence-corrected chi connectivity index (χ0v) is 19.1. The standard InChI is InChI=1S/C21H20O15S/c22-6-13-15(26)17(28)18(29)21(34-13)35-20-16(27)14-11(25)4-8(36-37(30,31)32)5-12(14)33-19(20)7-1-2-9(23)10(24)3-7/h1-5,13,15,17-18,21-26,28-29H,6H2,(H,30,31,32)/t13-,15-,17+,18-,21+/m1/s1. The van der Waals surface area contributed by atoms with Crippen molar-refractivity contribution in [1.82, 2.24) is 0 Å². The molecule has 2 aromatic carbocycles. The van der Waals surface area contributed by atoms with Crippen molar-refractivity contribution in [3.8, 4) is 40.1 Å². The lowest BCUT2D eigenvalue weighted by Crippen LogP contribution is -2.60. The van der Waals surface area contributed by atoms with Crippen LogP contribution in [0.4, 0.5) is 0 Å². The molecule has 1 aliphatic heterocycles. The van der Waals surface area contributed by atoms with Gasteiger partial charge in [-0.25, -0.2) is 0 Å². The molecule has 3 aromatic rings. The molecule has 0 saturated carbocycles. The van der Waals surface area contributed by atoms with E-state index in [4.69, 9.17) is 18.4 Å². The summed E-state index contributed by atoms with van der Waals surface area (Å²) in [6.07, 6.45) is -8.78. The van der Waals surface area contributed by atoms with Crippen molar-refractivity contribution >= 4 is 21.4 Å². The number of hydrogen-bond acceptors (Lipinski definition) is 14. The highest BCUT2D eigenvalue weighted by atomic mass is 32.3. The van der Waals surface area contributed by atoms with E-state index in [0.717, 1.165) is 18.2 Å². The van der Waals surface area contributed by atoms with E-state index in [9.17, 15) is 49.0 Å². The first kappa shape index (κ1) is 26.4. The highest BCUT2D eigenvalue weighted by Crippen LogP contribution is 2.39. The fourth-order valence-corrected chi connectivity index (χ4v) is 4.01. The molecule has 8 N–H and O–H groups in total. The SMILES string of the molecule is O=c1c(O[C@@H]2O[C@H](CO)[C@@H](O)[C@H](O)[C@H]2O)c(-c2ccc(O)c(O)c2)oc2cc(OS(=O)(=O)O)cc(O)c12. The second kappa shape index (κ2) is 9.67. The molecule has 200 valence electrons. The molecular formula is C21H20O15S. The summed E-state index contributed by atoms with van der Waals surface area (Å²) in [4.78, 5) is 13.4. The van der Waals surface area contributed by atoms with E-state index in [1.807, 2.05) is 0 Å². The molecule has 4 rings (SSSR count). The molecular weight excluding hydrogens is 524 g/mol. The van der Waals surface area contributed by atoms with Crippen LogP contribution < -0.4 is 14.3 Å². The molecule has 37 heavy (non-hydrogen) atoms. The third-order valence-corrected chi connectivity index (χ3v) is 5.83. The van der Waals surface area contributed by atoms with Crippen molar-refractivity contribution in [2.75, 3.05) is 6.61 Å². The van der Waals surface area contributed by atoms with Crippen LogP contribution >= 0.6 is 0 Å². The minimum Gasteiger partial charge on any atom is -0.507 e. The number of aliphatic hydroxyl groups excluding tert-OH is 4. The van der Waals surface area contributed by atoms with Crippen molar-refractivity contribution in [2.45, 2.75) is 30.7 Å². The van der Waals surface area contributed by atoms with Gasteiger partial charge in [0.2, 0.25) is 17.5 Å². The summed E-state index contributed by atoms with van der Waals surface area (Å²) in [7, 11) is -5.02. The van der Waals surface area contributed by atoms with Crippen molar-refractivity contribution in [3.63, 3.8) is 0 Å². The van der Waals surface area contributed by atoms with Crippen molar-refractivity contribution in [3.05, 3.63) is 40.6 Å². The Balaban J connectivity index is 1.93. The summed E-state index contributed by atoms with van der Waals surface area (Å²) in [6.45, 7) is -0.798. The number of fused-ring (bicyclic) bond motifs is 1. The van der Waals surface area contributed by atoms with E-state index in [2.05, 4.69) is 4.18 Å². The predicted octanol–water partition coefficient (Wildman–Crippen LogP) is -1.06. The lowest BCUT2D eigenvalue weighted by atomic mass is 9.99. The number of benzene rings is 2. The molecule has 5 atom stereocenters. The molecule has 0 unspecified atom stereocenters. The Morgan fingerprint density at radius 1 is 0.919 bits per heavy atom. The molecule has 0 aliphatic carbocycles. The van der Waals surface area contributed by atoms with Gasteiger partial charge in [-0.2, -0.15) is 8.42 Å². The maximum absolute atomic E-state index is 13.4. The average molecular weight is 544 g/mol. The van der Waals surface area contributed by atoms with E-state index in [1.165, 1.54) is 6.07 Å². The van der Waals surface area contributed by atoms with E-state index >= 15 is 0 Å². The molecule has 2 heterocycles. The first-order valence-corrected chi connectivity index (χ1v) is 11.7. The van der Waals surface area contributed by atoms with Crippen molar-refractivity contribution in [1.29, 1.82) is 0 Å². The fraction of sp³-hybridized carbons (Fsp3) is 0.286. The van der Waals surface area contributed by atoms with Crippen LogP contribution in [0, 0.1) is 0 Å². The molecule has 0 spiro atoms. The largest absolute Gasteiger partial charge is 0.507 e. The first-order valence-electron chi connectivity index (χ1n) is 10.3. The molecule has 1 aromatic heterocycles. The Kier molecular flexibility index (Phi) is 6.91. The van der Waals surface area contributed by atoms with Gasteiger partial charge in [0.25, 0.3) is 0 Å². The monoisotopic (exact) mass is 544 g/mol. The Hall–Kier alpha value is -3.64. The van der Waals surface area contributed by atoms with Crippen LogP contribution in [0.15, 0.2) is 39.5 Å². The number of hydrogen-bond donors (Lipinski definition) is 8. The van der Waals surface area contributed by atoms with Gasteiger partial charge in [0.15, 0.2) is 23.0 Å². The molecule has 1 saturated heterocycles. The number of ether oxygens (including phenoxy) is 2. The minimum absolute atomic E-state index is 0.102. The third-order valence-electron chi connectivity index (χ3n) is 5.43. The summed E-state index contributed by atoms with van der Waals surface area (Å²) in [5, 5.41) is 69.1. The van der Waals surface area contributed by atoms with Gasteiger partial charge in [0.1, 0.15) is 41.1 Å². The second-order valence-electron chi connectivity index (χ2n) is 7.93. The number of aromatic hydroxyl groups is 3. The molecule has 1 fully saturated rings. The molecule has 1 aliphatic rings. The summed E-state index contributed by atoms with van der Waals surface area (Å²) < 4.78 is 51.8. The van der Waals surface area contributed by atoms with Crippen LogP contribution in [0.25, 0.3) is 22.3 Å². The Labute approximate surface area is 206 Å². The van der Waals surface area contributed by atoms with Crippen LogP contribution in [-0.4, -0.2) is 86.0 Å². The molecule has 0 radical (unpaired) electrons. The maximum Gasteiger partial charge on any atom is 0.446 e. The number of phenols is 3. The van der Waals surface area contributed by atoms with Gasteiger partial charge in [0, 0.05) is 17.7 Å². The van der Waals surface area contributed by atoms with E-state index in [-0.39, 0.29) is 5.56 Å². The Bertz CT molecular complexity index is 1500. The fourth-order valence-electron chi connectivity index (χ4n) is 3.67. The van der Waals surface area contributed by atoms with Gasteiger partial charge in [0.05, 0.1) is 6.61 Å². The summed E-state index contributed by atoms with van der Waals surface area (Å²) >= 11 is 0. The lowest BCUT2D eigenvalue weighted by molar-refractivity contribution is -0.277. The quantitative estimate of drug-likeness (QED) is 0.136. The number of aliphatic hydroxyl groups is 4.